The van der Waals surface area contributed by atoms with Gasteiger partial charge in [0.2, 0.25) is 5.76 Å². The largest absolute Gasteiger partial charge is 0.363 e. The van der Waals surface area contributed by atoms with Crippen molar-refractivity contribution >= 4 is 17.5 Å². The molecule has 15 heavy (non-hydrogen) atoms. The molecule has 0 atom stereocenters. The van der Waals surface area contributed by atoms with Gasteiger partial charge in [0.1, 0.15) is 0 Å². The normalized spacial score (nSPS) is 10.2. The minimum Gasteiger partial charge on any atom is -0.363 e. The number of halogens is 1. The highest BCUT2D eigenvalue weighted by Crippen LogP contribution is 2.24. The fourth-order valence-corrected chi connectivity index (χ4v) is 1.38. The van der Waals surface area contributed by atoms with Gasteiger partial charge in [0, 0.05) is 5.02 Å². The van der Waals surface area contributed by atoms with Crippen LogP contribution >= 0.6 is 11.6 Å². The van der Waals surface area contributed by atoms with E-state index in [9.17, 15) is 4.79 Å². The third-order valence-corrected chi connectivity index (χ3v) is 2.20. The molecule has 0 aliphatic rings. The predicted molar refractivity (Wildman–Crippen MR) is 55.5 cm³/mol. The molecule has 1 aromatic heterocycles. The van der Waals surface area contributed by atoms with Crippen LogP contribution in [0.15, 0.2) is 35.0 Å². The summed E-state index contributed by atoms with van der Waals surface area (Å²) in [4.78, 5) is 11.0. The third kappa shape index (κ3) is 1.85. The molecule has 0 bridgehead atoms. The van der Waals surface area contributed by atoms with Gasteiger partial charge in [-0.15, -0.1) is 0 Å². The van der Waals surface area contributed by atoms with E-state index in [-0.39, 0.29) is 5.76 Å². The molecule has 0 saturated heterocycles. The molecule has 1 aromatic carbocycles. The fraction of sp³-hybridized carbons (Fsp3) is 0. The summed E-state index contributed by atoms with van der Waals surface area (Å²) in [6, 6.07) is 6.96. The molecule has 0 spiro atoms. The lowest BCUT2D eigenvalue weighted by atomic mass is 10.1. The van der Waals surface area contributed by atoms with Crippen molar-refractivity contribution in [3.63, 3.8) is 0 Å². The van der Waals surface area contributed by atoms with Crippen LogP contribution in [0, 0.1) is 0 Å². The number of nitrogens with two attached hydrogens (primary N) is 1. The number of rotatable bonds is 2. The van der Waals surface area contributed by atoms with Crippen molar-refractivity contribution < 1.29 is 9.32 Å². The van der Waals surface area contributed by atoms with Gasteiger partial charge < -0.3 is 10.3 Å². The number of amides is 1. The number of nitrogens with zero attached hydrogens (tertiary/aromatic N) is 1. The summed E-state index contributed by atoms with van der Waals surface area (Å²) in [5.74, 6) is -0.588. The van der Waals surface area contributed by atoms with Gasteiger partial charge in [-0.05, 0) is 17.7 Å². The summed E-state index contributed by atoms with van der Waals surface area (Å²) in [6.45, 7) is 0. The standard InChI is InChI=1S/C10H7ClN2O2/c11-7-3-1-6(2-4-7)8-5-13-15-9(8)10(12)14/h1-5H,(H2,12,14). The first-order valence-corrected chi connectivity index (χ1v) is 4.56. The number of hydrogen-bond acceptors (Lipinski definition) is 3. The minimum absolute atomic E-state index is 0.0531. The molecule has 2 N–H and O–H groups in total. The van der Waals surface area contributed by atoms with E-state index in [1.165, 1.54) is 6.20 Å². The maximum atomic E-state index is 11.0. The van der Waals surface area contributed by atoms with Crippen LogP contribution in [0.1, 0.15) is 10.6 Å². The lowest BCUT2D eigenvalue weighted by Crippen LogP contribution is -2.10. The van der Waals surface area contributed by atoms with E-state index in [0.717, 1.165) is 5.56 Å². The Hall–Kier alpha value is -1.81. The number of carbonyl (C=O) groups excluding carboxylic acids is 1. The molecule has 76 valence electrons. The molecule has 1 amide bonds. The van der Waals surface area contributed by atoms with Crippen LogP contribution in [-0.4, -0.2) is 11.1 Å². The third-order valence-electron chi connectivity index (χ3n) is 1.95. The van der Waals surface area contributed by atoms with Gasteiger partial charge in [0.15, 0.2) is 0 Å². The Morgan fingerprint density at radius 1 is 1.33 bits per heavy atom. The average Bonchev–Trinajstić information content (AvgIpc) is 2.67. The van der Waals surface area contributed by atoms with Crippen LogP contribution in [-0.2, 0) is 0 Å². The average molecular weight is 223 g/mol. The van der Waals surface area contributed by atoms with E-state index >= 15 is 0 Å². The van der Waals surface area contributed by atoms with Crippen LogP contribution in [0.25, 0.3) is 11.1 Å². The van der Waals surface area contributed by atoms with Gasteiger partial charge in [0.25, 0.3) is 5.91 Å². The topological polar surface area (TPSA) is 69.1 Å². The highest BCUT2D eigenvalue weighted by Gasteiger charge is 2.14. The van der Waals surface area contributed by atoms with Gasteiger partial charge in [-0.2, -0.15) is 0 Å². The molecule has 0 unspecified atom stereocenters. The van der Waals surface area contributed by atoms with Crippen molar-refractivity contribution in [2.24, 2.45) is 5.73 Å². The summed E-state index contributed by atoms with van der Waals surface area (Å²) >= 11 is 5.74. The van der Waals surface area contributed by atoms with Crippen LogP contribution in [0.2, 0.25) is 5.02 Å². The second-order valence-electron chi connectivity index (χ2n) is 2.94. The molecule has 0 radical (unpaired) electrons. The van der Waals surface area contributed by atoms with Crippen LogP contribution in [0.3, 0.4) is 0 Å². The van der Waals surface area contributed by atoms with E-state index < -0.39 is 5.91 Å². The molecule has 5 heteroatoms. The van der Waals surface area contributed by atoms with Crippen molar-refractivity contribution in [3.05, 3.63) is 41.2 Å². The molecular formula is C10H7ClN2O2. The van der Waals surface area contributed by atoms with Gasteiger partial charge in [0.05, 0.1) is 11.8 Å². The smallest absolute Gasteiger partial charge is 0.287 e. The predicted octanol–water partition coefficient (Wildman–Crippen LogP) is 2.09. The van der Waals surface area contributed by atoms with Crippen LogP contribution in [0.4, 0.5) is 0 Å². The highest BCUT2D eigenvalue weighted by atomic mass is 35.5. The SMILES string of the molecule is NC(=O)c1oncc1-c1ccc(Cl)cc1. The summed E-state index contributed by atoms with van der Waals surface area (Å²) < 4.78 is 4.75. The number of primary amides is 1. The molecule has 2 aromatic rings. The zero-order valence-corrected chi connectivity index (χ0v) is 8.36. The second-order valence-corrected chi connectivity index (χ2v) is 3.38. The Balaban J connectivity index is 2.49. The van der Waals surface area contributed by atoms with Gasteiger partial charge >= 0.3 is 0 Å². The summed E-state index contributed by atoms with van der Waals surface area (Å²) in [7, 11) is 0. The van der Waals surface area contributed by atoms with Crippen molar-refractivity contribution in [1.29, 1.82) is 0 Å². The van der Waals surface area contributed by atoms with E-state index in [2.05, 4.69) is 5.16 Å². The van der Waals surface area contributed by atoms with Gasteiger partial charge in [-0.1, -0.05) is 28.9 Å². The molecular weight excluding hydrogens is 216 g/mol. The molecule has 2 rings (SSSR count). The number of hydrogen-bond donors (Lipinski definition) is 1. The lowest BCUT2D eigenvalue weighted by molar-refractivity contribution is 0.0966. The Kier molecular flexibility index (Phi) is 2.43. The monoisotopic (exact) mass is 222 g/mol. The molecule has 0 aliphatic carbocycles. The zero-order chi connectivity index (χ0) is 10.8. The van der Waals surface area contributed by atoms with Crippen molar-refractivity contribution in [3.8, 4) is 11.1 Å². The van der Waals surface area contributed by atoms with Gasteiger partial charge in [-0.3, -0.25) is 4.79 Å². The lowest BCUT2D eigenvalue weighted by Gasteiger charge is -1.98. The summed E-state index contributed by atoms with van der Waals surface area (Å²) in [6.07, 6.45) is 1.45. The Morgan fingerprint density at radius 2 is 2.00 bits per heavy atom. The van der Waals surface area contributed by atoms with Crippen LogP contribution < -0.4 is 5.73 Å². The number of carbonyl (C=O) groups is 1. The summed E-state index contributed by atoms with van der Waals surface area (Å²) in [5, 5.41) is 4.15. The van der Waals surface area contributed by atoms with Crippen molar-refractivity contribution in [1.82, 2.24) is 5.16 Å². The van der Waals surface area contributed by atoms with Crippen molar-refractivity contribution in [2.45, 2.75) is 0 Å². The maximum Gasteiger partial charge on any atom is 0.287 e. The first kappa shape index (κ1) is 9.73. The number of aromatic nitrogens is 1. The highest BCUT2D eigenvalue weighted by molar-refractivity contribution is 6.30. The Morgan fingerprint density at radius 3 is 2.60 bits per heavy atom. The number of benzene rings is 1. The maximum absolute atomic E-state index is 11.0. The van der Waals surface area contributed by atoms with Crippen LogP contribution in [0.5, 0.6) is 0 Å². The molecule has 0 fully saturated rings. The minimum atomic E-state index is -0.641. The molecule has 1 heterocycles. The second kappa shape index (κ2) is 3.74. The van der Waals surface area contributed by atoms with E-state index in [1.807, 2.05) is 0 Å². The molecule has 0 saturated carbocycles. The zero-order valence-electron chi connectivity index (χ0n) is 7.61. The quantitative estimate of drug-likeness (QED) is 0.846. The van der Waals surface area contributed by atoms with E-state index in [0.29, 0.717) is 10.6 Å². The first-order valence-electron chi connectivity index (χ1n) is 4.19. The van der Waals surface area contributed by atoms with E-state index in [1.54, 1.807) is 24.3 Å². The fourth-order valence-electron chi connectivity index (χ4n) is 1.25. The Labute approximate surface area is 90.6 Å². The Bertz CT molecular complexity index is 490. The first-order chi connectivity index (χ1) is 7.18. The molecule has 4 nitrogen and oxygen atoms in total. The van der Waals surface area contributed by atoms with E-state index in [4.69, 9.17) is 21.9 Å². The molecule has 0 aliphatic heterocycles. The van der Waals surface area contributed by atoms with Gasteiger partial charge in [-0.25, -0.2) is 0 Å². The summed E-state index contributed by atoms with van der Waals surface area (Å²) in [5.41, 5.74) is 6.48. The van der Waals surface area contributed by atoms with Crippen molar-refractivity contribution in [2.75, 3.05) is 0 Å².